The van der Waals surface area contributed by atoms with Gasteiger partial charge >= 0.3 is 0 Å². The lowest BCUT2D eigenvalue weighted by Crippen LogP contribution is -2.57. The third kappa shape index (κ3) is 3.00. The third-order valence-electron chi connectivity index (χ3n) is 4.00. The maximum Gasteiger partial charge on any atom is 0.134 e. The number of methoxy groups -OCH3 is 1. The number of aryl methyl sites for hydroxylation is 1. The first-order valence-corrected chi connectivity index (χ1v) is 7.18. The van der Waals surface area contributed by atoms with Gasteiger partial charge < -0.3 is 10.1 Å². The van der Waals surface area contributed by atoms with Gasteiger partial charge in [0.25, 0.3) is 0 Å². The maximum absolute atomic E-state index is 6.04. The first-order valence-electron chi connectivity index (χ1n) is 6.80. The topological polar surface area (TPSA) is 47.0 Å². The Morgan fingerprint density at radius 1 is 1.47 bits per heavy atom. The average Bonchev–Trinajstić information content (AvgIpc) is 2.33. The van der Waals surface area contributed by atoms with Crippen molar-refractivity contribution in [3.8, 4) is 0 Å². The van der Waals surface area contributed by atoms with Crippen LogP contribution in [0.25, 0.3) is 0 Å². The van der Waals surface area contributed by atoms with Crippen LogP contribution < -0.4 is 5.32 Å². The monoisotopic (exact) mass is 283 g/mol. The summed E-state index contributed by atoms with van der Waals surface area (Å²) in [5.41, 5.74) is 0.108. The van der Waals surface area contributed by atoms with Gasteiger partial charge in [0.2, 0.25) is 0 Å². The molecule has 4 nitrogen and oxygen atoms in total. The van der Waals surface area contributed by atoms with E-state index < -0.39 is 0 Å². The predicted molar refractivity (Wildman–Crippen MR) is 77.6 cm³/mol. The third-order valence-corrected chi connectivity index (χ3v) is 4.19. The van der Waals surface area contributed by atoms with Crippen molar-refractivity contribution in [1.29, 1.82) is 0 Å². The van der Waals surface area contributed by atoms with Crippen molar-refractivity contribution in [2.75, 3.05) is 12.4 Å². The average molecular weight is 284 g/mol. The summed E-state index contributed by atoms with van der Waals surface area (Å²) in [4.78, 5) is 8.75. The standard InChI is InChI=1S/C14H22ClN3O/c1-5-6-12-17-11(15)8-13(18-12)16-9-7-10(19-4)14(9,2)3/h8-10H,5-7H2,1-4H3,(H,16,17,18). The van der Waals surface area contributed by atoms with Crippen molar-refractivity contribution in [3.05, 3.63) is 17.0 Å². The van der Waals surface area contributed by atoms with Crippen LogP contribution in [0.15, 0.2) is 6.07 Å². The Balaban J connectivity index is 2.08. The number of hydrogen-bond donors (Lipinski definition) is 1. The van der Waals surface area contributed by atoms with Crippen LogP contribution in [0, 0.1) is 5.41 Å². The van der Waals surface area contributed by atoms with Crippen molar-refractivity contribution in [2.45, 2.75) is 52.2 Å². The van der Waals surface area contributed by atoms with E-state index in [1.54, 1.807) is 13.2 Å². The summed E-state index contributed by atoms with van der Waals surface area (Å²) in [6.07, 6.45) is 3.16. The summed E-state index contributed by atoms with van der Waals surface area (Å²) in [6, 6.07) is 2.15. The highest BCUT2D eigenvalue weighted by molar-refractivity contribution is 6.29. The molecule has 0 bridgehead atoms. The van der Waals surface area contributed by atoms with E-state index in [4.69, 9.17) is 16.3 Å². The van der Waals surface area contributed by atoms with Gasteiger partial charge in [0.05, 0.1) is 6.10 Å². The van der Waals surface area contributed by atoms with Crippen molar-refractivity contribution in [2.24, 2.45) is 5.41 Å². The van der Waals surface area contributed by atoms with Gasteiger partial charge in [-0.05, 0) is 12.8 Å². The lowest BCUT2D eigenvalue weighted by Gasteiger charge is -2.51. The zero-order valence-electron chi connectivity index (χ0n) is 12.0. The number of anilines is 1. The van der Waals surface area contributed by atoms with Gasteiger partial charge in [-0.1, -0.05) is 32.4 Å². The summed E-state index contributed by atoms with van der Waals surface area (Å²) in [5, 5.41) is 3.96. The van der Waals surface area contributed by atoms with Gasteiger partial charge in [0, 0.05) is 31.1 Å². The van der Waals surface area contributed by atoms with Crippen molar-refractivity contribution < 1.29 is 4.74 Å². The number of nitrogens with one attached hydrogen (secondary N) is 1. The van der Waals surface area contributed by atoms with E-state index >= 15 is 0 Å². The summed E-state index contributed by atoms with van der Waals surface area (Å²) < 4.78 is 5.46. The highest BCUT2D eigenvalue weighted by atomic mass is 35.5. The summed E-state index contributed by atoms with van der Waals surface area (Å²) in [6.45, 7) is 6.52. The minimum atomic E-state index is 0.108. The Hall–Kier alpha value is -0.870. The predicted octanol–water partition coefficient (Wildman–Crippen LogP) is 3.31. The zero-order chi connectivity index (χ0) is 14.0. The molecular formula is C14H22ClN3O. The van der Waals surface area contributed by atoms with E-state index in [0.29, 0.717) is 17.3 Å². The lowest BCUT2D eigenvalue weighted by atomic mass is 9.64. The Bertz CT molecular complexity index is 450. The van der Waals surface area contributed by atoms with Gasteiger partial charge in [-0.15, -0.1) is 0 Å². The van der Waals surface area contributed by atoms with Gasteiger partial charge in [-0.25, -0.2) is 9.97 Å². The first kappa shape index (κ1) is 14.5. The number of hydrogen-bond acceptors (Lipinski definition) is 4. The molecule has 1 N–H and O–H groups in total. The van der Waals surface area contributed by atoms with Gasteiger partial charge in [-0.2, -0.15) is 0 Å². The fraction of sp³-hybridized carbons (Fsp3) is 0.714. The smallest absolute Gasteiger partial charge is 0.134 e. The normalized spacial score (nSPS) is 24.9. The van der Waals surface area contributed by atoms with Gasteiger partial charge in [0.1, 0.15) is 16.8 Å². The highest BCUT2D eigenvalue weighted by Crippen LogP contribution is 2.43. The molecule has 1 fully saturated rings. The van der Waals surface area contributed by atoms with Gasteiger partial charge in [0.15, 0.2) is 0 Å². The molecule has 0 radical (unpaired) electrons. The molecule has 2 atom stereocenters. The molecule has 1 aliphatic carbocycles. The van der Waals surface area contributed by atoms with Crippen molar-refractivity contribution in [1.82, 2.24) is 9.97 Å². The van der Waals surface area contributed by atoms with E-state index in [1.165, 1.54) is 0 Å². The van der Waals surface area contributed by atoms with E-state index in [2.05, 4.69) is 36.1 Å². The highest BCUT2D eigenvalue weighted by Gasteiger charge is 2.48. The van der Waals surface area contributed by atoms with Crippen LogP contribution in [0.4, 0.5) is 5.82 Å². The number of nitrogens with zero attached hydrogens (tertiary/aromatic N) is 2. The molecule has 1 aliphatic rings. The molecule has 106 valence electrons. The van der Waals surface area contributed by atoms with Crippen LogP contribution in [0.1, 0.15) is 39.4 Å². The molecule has 0 spiro atoms. The summed E-state index contributed by atoms with van der Waals surface area (Å²) in [5.74, 6) is 1.62. The molecule has 5 heteroatoms. The van der Waals surface area contributed by atoms with Crippen LogP contribution in [-0.4, -0.2) is 29.2 Å². The van der Waals surface area contributed by atoms with Crippen LogP contribution in [0.2, 0.25) is 5.15 Å². The van der Waals surface area contributed by atoms with Crippen LogP contribution in [-0.2, 0) is 11.2 Å². The van der Waals surface area contributed by atoms with Crippen LogP contribution in [0.5, 0.6) is 0 Å². The Morgan fingerprint density at radius 3 is 2.79 bits per heavy atom. The maximum atomic E-state index is 6.04. The molecule has 0 saturated heterocycles. The minimum Gasteiger partial charge on any atom is -0.381 e. The largest absolute Gasteiger partial charge is 0.381 e. The minimum absolute atomic E-state index is 0.108. The quantitative estimate of drug-likeness (QED) is 0.842. The number of rotatable bonds is 5. The second-order valence-electron chi connectivity index (χ2n) is 5.72. The summed E-state index contributed by atoms with van der Waals surface area (Å²) in [7, 11) is 1.77. The Morgan fingerprint density at radius 2 is 2.21 bits per heavy atom. The molecule has 2 unspecified atom stereocenters. The molecular weight excluding hydrogens is 262 g/mol. The SMILES string of the molecule is CCCc1nc(Cl)cc(NC2CC(OC)C2(C)C)n1. The van der Waals surface area contributed by atoms with E-state index in [9.17, 15) is 0 Å². The van der Waals surface area contributed by atoms with E-state index in [0.717, 1.165) is 30.9 Å². The van der Waals surface area contributed by atoms with Crippen molar-refractivity contribution >= 4 is 17.4 Å². The first-order chi connectivity index (χ1) is 8.97. The molecule has 0 aromatic carbocycles. The van der Waals surface area contributed by atoms with Crippen LogP contribution >= 0.6 is 11.6 Å². The molecule has 1 aromatic heterocycles. The van der Waals surface area contributed by atoms with E-state index in [-0.39, 0.29) is 5.41 Å². The number of aromatic nitrogens is 2. The second-order valence-corrected chi connectivity index (χ2v) is 6.11. The summed E-state index contributed by atoms with van der Waals surface area (Å²) >= 11 is 6.04. The van der Waals surface area contributed by atoms with Crippen LogP contribution in [0.3, 0.4) is 0 Å². The molecule has 2 rings (SSSR count). The molecule has 1 aromatic rings. The van der Waals surface area contributed by atoms with Crippen molar-refractivity contribution in [3.63, 3.8) is 0 Å². The molecule has 19 heavy (non-hydrogen) atoms. The molecule has 0 amide bonds. The van der Waals surface area contributed by atoms with Gasteiger partial charge in [-0.3, -0.25) is 0 Å². The number of halogens is 1. The molecule has 1 saturated carbocycles. The number of ether oxygens (including phenoxy) is 1. The molecule has 0 aliphatic heterocycles. The Labute approximate surface area is 119 Å². The second kappa shape index (κ2) is 5.63. The van der Waals surface area contributed by atoms with E-state index in [1.807, 2.05) is 0 Å². The zero-order valence-corrected chi connectivity index (χ0v) is 12.8. The fourth-order valence-electron chi connectivity index (χ4n) is 2.58. The molecule has 1 heterocycles. The lowest BCUT2D eigenvalue weighted by molar-refractivity contribution is -0.0795. The fourth-order valence-corrected chi connectivity index (χ4v) is 2.78. The Kier molecular flexibility index (Phi) is 4.31.